The minimum Gasteiger partial charge on any atom is -0.326 e. The normalized spacial score (nSPS) is 11.1. The van der Waals surface area contributed by atoms with Gasteiger partial charge in [0.05, 0.1) is 11.3 Å². The van der Waals surface area contributed by atoms with Crippen LogP contribution in [0.2, 0.25) is 0 Å². The van der Waals surface area contributed by atoms with Gasteiger partial charge in [-0.05, 0) is 29.3 Å². The molecule has 0 aliphatic heterocycles. The van der Waals surface area contributed by atoms with Gasteiger partial charge in [-0.25, -0.2) is 13.6 Å². The molecule has 0 spiro atoms. The first kappa shape index (κ1) is 17.8. The largest absolute Gasteiger partial charge is 0.326 e. The molecule has 0 aromatic heterocycles. The lowest BCUT2D eigenvalue weighted by molar-refractivity contribution is -0.115. The molecule has 26 heavy (non-hydrogen) atoms. The third-order valence-corrected chi connectivity index (χ3v) is 4.85. The second-order valence-electron chi connectivity index (χ2n) is 5.83. The van der Waals surface area contributed by atoms with Crippen molar-refractivity contribution in [1.82, 2.24) is 0 Å². The van der Waals surface area contributed by atoms with Crippen LogP contribution >= 0.6 is 0 Å². The summed E-state index contributed by atoms with van der Waals surface area (Å²) in [5, 5.41) is 8.11. The molecule has 0 saturated carbocycles. The molecule has 3 aromatic rings. The zero-order chi connectivity index (χ0) is 18.6. The predicted octanol–water partition coefficient (Wildman–Crippen LogP) is 3.18. The smallest absolute Gasteiger partial charge is 0.238 e. The van der Waals surface area contributed by atoms with Crippen molar-refractivity contribution in [1.29, 1.82) is 0 Å². The van der Waals surface area contributed by atoms with Gasteiger partial charge in [0.15, 0.2) is 0 Å². The highest BCUT2D eigenvalue weighted by atomic mass is 32.2. The van der Waals surface area contributed by atoms with Gasteiger partial charge in [-0.1, -0.05) is 60.7 Å². The highest BCUT2D eigenvalue weighted by Crippen LogP contribution is 2.26. The Labute approximate surface area is 152 Å². The van der Waals surface area contributed by atoms with E-state index in [-0.39, 0.29) is 17.2 Å². The Bertz CT molecular complexity index is 1010. The number of anilines is 1. The first-order valence-corrected chi connectivity index (χ1v) is 9.54. The Hall–Kier alpha value is -2.96. The van der Waals surface area contributed by atoms with Gasteiger partial charge < -0.3 is 5.32 Å². The zero-order valence-corrected chi connectivity index (χ0v) is 14.7. The molecule has 0 radical (unpaired) electrons. The number of nitrogens with one attached hydrogen (secondary N) is 1. The summed E-state index contributed by atoms with van der Waals surface area (Å²) in [7, 11) is -3.81. The van der Waals surface area contributed by atoms with E-state index in [1.54, 1.807) is 42.5 Å². The minimum absolute atomic E-state index is 0.0783. The molecule has 3 aromatic carbocycles. The maximum Gasteiger partial charge on any atom is 0.238 e. The van der Waals surface area contributed by atoms with Crippen molar-refractivity contribution in [3.8, 4) is 11.1 Å². The third kappa shape index (κ3) is 4.36. The van der Waals surface area contributed by atoms with Gasteiger partial charge in [-0.15, -0.1) is 0 Å². The Morgan fingerprint density at radius 2 is 1.46 bits per heavy atom. The second-order valence-corrected chi connectivity index (χ2v) is 7.36. The van der Waals surface area contributed by atoms with E-state index in [1.165, 1.54) is 6.07 Å². The molecule has 0 unspecified atom stereocenters. The van der Waals surface area contributed by atoms with Gasteiger partial charge in [0, 0.05) is 11.3 Å². The van der Waals surface area contributed by atoms with Gasteiger partial charge in [-0.3, -0.25) is 4.79 Å². The molecule has 0 heterocycles. The fourth-order valence-corrected chi connectivity index (χ4v) is 3.43. The van der Waals surface area contributed by atoms with Gasteiger partial charge in [0.2, 0.25) is 15.9 Å². The lowest BCUT2D eigenvalue weighted by Gasteiger charge is -2.09. The van der Waals surface area contributed by atoms with Gasteiger partial charge in [-0.2, -0.15) is 0 Å². The van der Waals surface area contributed by atoms with E-state index in [2.05, 4.69) is 5.32 Å². The van der Waals surface area contributed by atoms with Crippen LogP contribution in [0, 0.1) is 0 Å². The Morgan fingerprint density at radius 3 is 2.12 bits per heavy atom. The molecule has 0 aliphatic carbocycles. The summed E-state index contributed by atoms with van der Waals surface area (Å²) in [5.41, 5.74) is 2.84. The Morgan fingerprint density at radius 1 is 0.846 bits per heavy atom. The summed E-state index contributed by atoms with van der Waals surface area (Å²) in [5.74, 6) is -0.117. The first-order chi connectivity index (χ1) is 12.4. The molecule has 132 valence electrons. The maximum atomic E-state index is 12.1. The van der Waals surface area contributed by atoms with Gasteiger partial charge >= 0.3 is 0 Å². The molecule has 6 heteroatoms. The molecule has 3 N–H and O–H groups in total. The molecule has 3 rings (SSSR count). The monoisotopic (exact) mass is 366 g/mol. The molecule has 0 bridgehead atoms. The summed E-state index contributed by atoms with van der Waals surface area (Å²) in [4.78, 5) is 12.2. The average molecular weight is 366 g/mol. The summed E-state index contributed by atoms with van der Waals surface area (Å²) in [6, 6.07) is 23.0. The van der Waals surface area contributed by atoms with E-state index >= 15 is 0 Å². The van der Waals surface area contributed by atoms with Crippen molar-refractivity contribution in [2.24, 2.45) is 5.14 Å². The Balaban J connectivity index is 1.77. The highest BCUT2D eigenvalue weighted by molar-refractivity contribution is 7.89. The first-order valence-electron chi connectivity index (χ1n) is 7.99. The molecule has 1 amide bonds. The van der Waals surface area contributed by atoms with Crippen LogP contribution in [-0.2, 0) is 21.2 Å². The molecular weight excluding hydrogens is 348 g/mol. The molecule has 0 aliphatic rings. The van der Waals surface area contributed by atoms with Crippen LogP contribution in [0.15, 0.2) is 83.8 Å². The number of benzene rings is 3. The van der Waals surface area contributed by atoms with E-state index in [1.807, 2.05) is 30.3 Å². The lowest BCUT2D eigenvalue weighted by Crippen LogP contribution is -2.14. The van der Waals surface area contributed by atoms with E-state index < -0.39 is 10.0 Å². The fourth-order valence-electron chi connectivity index (χ4n) is 2.67. The lowest BCUT2D eigenvalue weighted by atomic mass is 10.0. The van der Waals surface area contributed by atoms with Crippen molar-refractivity contribution < 1.29 is 13.2 Å². The van der Waals surface area contributed by atoms with E-state index in [9.17, 15) is 13.2 Å². The number of nitrogens with two attached hydrogens (primary N) is 1. The van der Waals surface area contributed by atoms with E-state index in [0.29, 0.717) is 5.56 Å². The number of amides is 1. The van der Waals surface area contributed by atoms with Crippen LogP contribution in [0.3, 0.4) is 0 Å². The van der Waals surface area contributed by atoms with Crippen molar-refractivity contribution in [2.75, 3.05) is 5.32 Å². The average Bonchev–Trinajstić information content (AvgIpc) is 2.62. The highest BCUT2D eigenvalue weighted by Gasteiger charge is 2.14. The van der Waals surface area contributed by atoms with Gasteiger partial charge in [0.25, 0.3) is 0 Å². The predicted molar refractivity (Wildman–Crippen MR) is 102 cm³/mol. The zero-order valence-electron chi connectivity index (χ0n) is 13.9. The van der Waals surface area contributed by atoms with Crippen LogP contribution in [0.5, 0.6) is 0 Å². The van der Waals surface area contributed by atoms with Crippen molar-refractivity contribution >= 4 is 21.6 Å². The summed E-state index contributed by atoms with van der Waals surface area (Å²) >= 11 is 0. The number of hydrogen-bond donors (Lipinski definition) is 2. The van der Waals surface area contributed by atoms with Crippen molar-refractivity contribution in [3.63, 3.8) is 0 Å². The molecule has 5 nitrogen and oxygen atoms in total. The molecular formula is C20H18N2O3S. The van der Waals surface area contributed by atoms with Crippen molar-refractivity contribution in [2.45, 2.75) is 11.3 Å². The number of carbonyl (C=O) groups is 1. The van der Waals surface area contributed by atoms with Crippen LogP contribution < -0.4 is 10.5 Å². The summed E-state index contributed by atoms with van der Waals surface area (Å²) < 4.78 is 23.5. The van der Waals surface area contributed by atoms with E-state index in [4.69, 9.17) is 5.14 Å². The van der Waals surface area contributed by atoms with Crippen LogP contribution in [0.25, 0.3) is 11.1 Å². The summed E-state index contributed by atoms with van der Waals surface area (Å²) in [6.45, 7) is 0. The van der Waals surface area contributed by atoms with Crippen LogP contribution in [0.4, 0.5) is 5.69 Å². The van der Waals surface area contributed by atoms with Crippen molar-refractivity contribution in [3.05, 3.63) is 84.4 Å². The second kappa shape index (κ2) is 7.51. The number of primary sulfonamides is 1. The van der Waals surface area contributed by atoms with Crippen LogP contribution in [0.1, 0.15) is 5.56 Å². The molecule has 0 saturated heterocycles. The topological polar surface area (TPSA) is 89.3 Å². The number of hydrogen-bond acceptors (Lipinski definition) is 3. The van der Waals surface area contributed by atoms with E-state index in [0.717, 1.165) is 16.8 Å². The summed E-state index contributed by atoms with van der Waals surface area (Å²) in [6.07, 6.45) is 0.228. The van der Waals surface area contributed by atoms with Crippen LogP contribution in [-0.4, -0.2) is 14.3 Å². The minimum atomic E-state index is -3.81. The SMILES string of the molecule is NS(=O)(=O)c1ccccc1-c1ccc(CC(=O)Nc2ccccc2)cc1. The number of carbonyl (C=O) groups excluding carboxylic acids is 1. The maximum absolute atomic E-state index is 12.1. The molecule has 0 fully saturated rings. The number of sulfonamides is 1. The molecule has 0 atom stereocenters. The quantitative estimate of drug-likeness (QED) is 0.727. The Kier molecular flexibility index (Phi) is 5.16. The standard InChI is InChI=1S/C20H18N2O3S/c21-26(24,25)19-9-5-4-8-18(19)16-12-10-15(11-13-16)14-20(23)22-17-6-2-1-3-7-17/h1-13H,14H2,(H,22,23)(H2,21,24,25). The van der Waals surface area contributed by atoms with Gasteiger partial charge in [0.1, 0.15) is 0 Å². The third-order valence-electron chi connectivity index (χ3n) is 3.88. The number of para-hydroxylation sites is 1. The fraction of sp³-hybridized carbons (Fsp3) is 0.0500. The number of rotatable bonds is 5.